The van der Waals surface area contributed by atoms with E-state index in [-0.39, 0.29) is 5.56 Å². The third kappa shape index (κ3) is 1.75. The van der Waals surface area contributed by atoms with E-state index >= 15 is 0 Å². The first-order valence-corrected chi connectivity index (χ1v) is 3.95. The number of halogens is 3. The summed E-state index contributed by atoms with van der Waals surface area (Å²) in [6, 6.07) is 3.00. The predicted molar refractivity (Wildman–Crippen MR) is 45.9 cm³/mol. The Bertz CT molecular complexity index is 295. The van der Waals surface area contributed by atoms with E-state index in [1.807, 2.05) is 0 Å². The maximum atomic E-state index is 12.3. The van der Waals surface area contributed by atoms with Crippen LogP contribution >= 0.6 is 11.6 Å². The highest BCUT2D eigenvalue weighted by atomic mass is 35.5. The molecule has 0 heterocycles. The molecule has 1 aromatic carbocycles. The minimum atomic E-state index is -2.42. The van der Waals surface area contributed by atoms with Crippen molar-refractivity contribution in [2.24, 2.45) is 0 Å². The fourth-order valence-corrected chi connectivity index (χ4v) is 1.26. The van der Waals surface area contributed by atoms with Gasteiger partial charge in [-0.3, -0.25) is 0 Å². The van der Waals surface area contributed by atoms with Gasteiger partial charge in [-0.2, -0.15) is 0 Å². The Kier molecular flexibility index (Phi) is 2.68. The highest BCUT2D eigenvalue weighted by Gasteiger charge is 2.11. The number of hydrogen-bond acceptors (Lipinski definition) is 0. The number of hydrogen-bond donors (Lipinski definition) is 0. The van der Waals surface area contributed by atoms with Crippen molar-refractivity contribution in [2.45, 2.75) is 20.3 Å². The van der Waals surface area contributed by atoms with E-state index in [2.05, 4.69) is 0 Å². The Morgan fingerprint density at radius 3 is 2.25 bits per heavy atom. The summed E-state index contributed by atoms with van der Waals surface area (Å²) in [6.45, 7) is 3.35. The zero-order chi connectivity index (χ0) is 9.30. The summed E-state index contributed by atoms with van der Waals surface area (Å²) in [5.41, 5.74) is 1.30. The monoisotopic (exact) mass is 190 g/mol. The number of rotatable bonds is 1. The molecule has 0 aliphatic carbocycles. The molecule has 0 atom stereocenters. The standard InChI is InChI=1S/C9H9ClF2/c1-5-4-8(10)6(2)3-7(5)9(11)12/h3-4,9H,1-2H3. The van der Waals surface area contributed by atoms with E-state index in [4.69, 9.17) is 11.6 Å². The molecule has 12 heavy (non-hydrogen) atoms. The minimum absolute atomic E-state index is 0.0666. The maximum absolute atomic E-state index is 12.3. The summed E-state index contributed by atoms with van der Waals surface area (Å²) in [6.07, 6.45) is -2.42. The Hall–Kier alpha value is -0.630. The van der Waals surface area contributed by atoms with Crippen LogP contribution < -0.4 is 0 Å². The molecule has 0 saturated carbocycles. The predicted octanol–water partition coefficient (Wildman–Crippen LogP) is 3.89. The summed E-state index contributed by atoms with van der Waals surface area (Å²) in [5.74, 6) is 0. The lowest BCUT2D eigenvalue weighted by molar-refractivity contribution is 0.150. The fraction of sp³-hybridized carbons (Fsp3) is 0.333. The second-order valence-electron chi connectivity index (χ2n) is 2.76. The van der Waals surface area contributed by atoms with E-state index in [1.54, 1.807) is 19.9 Å². The van der Waals surface area contributed by atoms with Gasteiger partial charge in [-0.15, -0.1) is 0 Å². The Labute approximate surface area is 75.2 Å². The molecule has 66 valence electrons. The molecule has 0 aliphatic heterocycles. The quantitative estimate of drug-likeness (QED) is 0.630. The van der Waals surface area contributed by atoms with Crippen LogP contribution in [0.3, 0.4) is 0 Å². The molecule has 0 aromatic heterocycles. The van der Waals surface area contributed by atoms with Gasteiger partial charge in [0, 0.05) is 10.6 Å². The Balaban J connectivity index is 3.23. The zero-order valence-electron chi connectivity index (χ0n) is 6.87. The van der Waals surface area contributed by atoms with Crippen molar-refractivity contribution in [2.75, 3.05) is 0 Å². The van der Waals surface area contributed by atoms with Gasteiger partial charge in [0.2, 0.25) is 0 Å². The Morgan fingerprint density at radius 2 is 1.75 bits per heavy atom. The second-order valence-corrected chi connectivity index (χ2v) is 3.17. The van der Waals surface area contributed by atoms with Gasteiger partial charge in [0.15, 0.2) is 0 Å². The number of benzene rings is 1. The first kappa shape index (κ1) is 9.46. The lowest BCUT2D eigenvalue weighted by atomic mass is 10.1. The third-order valence-corrected chi connectivity index (χ3v) is 2.19. The lowest BCUT2D eigenvalue weighted by Gasteiger charge is -2.06. The van der Waals surface area contributed by atoms with Crippen molar-refractivity contribution >= 4 is 11.6 Å². The fourth-order valence-electron chi connectivity index (χ4n) is 1.04. The van der Waals surface area contributed by atoms with E-state index in [9.17, 15) is 8.78 Å². The zero-order valence-corrected chi connectivity index (χ0v) is 7.62. The van der Waals surface area contributed by atoms with Gasteiger partial charge >= 0.3 is 0 Å². The van der Waals surface area contributed by atoms with E-state index in [0.29, 0.717) is 16.1 Å². The molecule has 0 aliphatic rings. The third-order valence-electron chi connectivity index (χ3n) is 1.78. The molecule has 0 N–H and O–H groups in total. The van der Waals surface area contributed by atoms with Crippen molar-refractivity contribution in [3.63, 3.8) is 0 Å². The molecule has 0 spiro atoms. The van der Waals surface area contributed by atoms with Gasteiger partial charge in [-0.25, -0.2) is 8.78 Å². The first-order valence-electron chi connectivity index (χ1n) is 3.57. The van der Waals surface area contributed by atoms with E-state index in [0.717, 1.165) is 0 Å². The van der Waals surface area contributed by atoms with Crippen molar-refractivity contribution in [1.29, 1.82) is 0 Å². The maximum Gasteiger partial charge on any atom is 0.264 e. The second kappa shape index (κ2) is 3.40. The molecule has 0 fully saturated rings. The smallest absolute Gasteiger partial charge is 0.205 e. The van der Waals surface area contributed by atoms with Crippen LogP contribution in [0.5, 0.6) is 0 Å². The first-order chi connectivity index (χ1) is 5.52. The van der Waals surface area contributed by atoms with Gasteiger partial charge in [0.1, 0.15) is 0 Å². The van der Waals surface area contributed by atoms with Crippen LogP contribution in [-0.2, 0) is 0 Å². The highest BCUT2D eigenvalue weighted by Crippen LogP contribution is 2.27. The van der Waals surface area contributed by atoms with Crippen molar-refractivity contribution < 1.29 is 8.78 Å². The van der Waals surface area contributed by atoms with Crippen molar-refractivity contribution in [3.05, 3.63) is 33.8 Å². The molecule has 3 heteroatoms. The van der Waals surface area contributed by atoms with Crippen LogP contribution in [0.1, 0.15) is 23.1 Å². The van der Waals surface area contributed by atoms with E-state index < -0.39 is 6.43 Å². The molecule has 0 radical (unpaired) electrons. The molecule has 0 amide bonds. The van der Waals surface area contributed by atoms with Gasteiger partial charge in [-0.05, 0) is 37.1 Å². The normalized spacial score (nSPS) is 10.8. The number of aryl methyl sites for hydroxylation is 2. The molecule has 0 unspecified atom stereocenters. The van der Waals surface area contributed by atoms with Crippen LogP contribution in [0.4, 0.5) is 8.78 Å². The molecule has 0 nitrogen and oxygen atoms in total. The van der Waals surface area contributed by atoms with E-state index in [1.165, 1.54) is 6.07 Å². The van der Waals surface area contributed by atoms with Crippen molar-refractivity contribution in [1.82, 2.24) is 0 Å². The molecule has 1 aromatic rings. The minimum Gasteiger partial charge on any atom is -0.205 e. The van der Waals surface area contributed by atoms with Gasteiger partial charge in [-0.1, -0.05) is 11.6 Å². The summed E-state index contributed by atoms with van der Waals surface area (Å²) in [4.78, 5) is 0. The SMILES string of the molecule is Cc1cc(C(F)F)c(C)cc1Cl. The Morgan fingerprint density at radius 1 is 1.17 bits per heavy atom. The molecule has 1 rings (SSSR count). The van der Waals surface area contributed by atoms with Crippen molar-refractivity contribution in [3.8, 4) is 0 Å². The largest absolute Gasteiger partial charge is 0.264 e. The summed E-state index contributed by atoms with van der Waals surface area (Å²) >= 11 is 5.75. The summed E-state index contributed by atoms with van der Waals surface area (Å²) < 4.78 is 24.6. The summed E-state index contributed by atoms with van der Waals surface area (Å²) in [5, 5.41) is 0.539. The molecular formula is C9H9ClF2. The van der Waals surface area contributed by atoms with Crippen LogP contribution in [0.2, 0.25) is 5.02 Å². The van der Waals surface area contributed by atoms with Crippen LogP contribution in [-0.4, -0.2) is 0 Å². The molecular weight excluding hydrogens is 182 g/mol. The molecule has 0 bridgehead atoms. The average molecular weight is 191 g/mol. The van der Waals surface area contributed by atoms with Crippen LogP contribution in [0, 0.1) is 13.8 Å². The topological polar surface area (TPSA) is 0 Å². The average Bonchev–Trinajstić information content (AvgIpc) is 1.96. The van der Waals surface area contributed by atoms with Crippen LogP contribution in [0.15, 0.2) is 12.1 Å². The highest BCUT2D eigenvalue weighted by molar-refractivity contribution is 6.31. The summed E-state index contributed by atoms with van der Waals surface area (Å²) in [7, 11) is 0. The van der Waals surface area contributed by atoms with Gasteiger partial charge < -0.3 is 0 Å². The van der Waals surface area contributed by atoms with Gasteiger partial charge in [0.25, 0.3) is 6.43 Å². The lowest BCUT2D eigenvalue weighted by Crippen LogP contribution is -1.91. The van der Waals surface area contributed by atoms with Gasteiger partial charge in [0.05, 0.1) is 0 Å². The number of alkyl halides is 2. The van der Waals surface area contributed by atoms with Crippen LogP contribution in [0.25, 0.3) is 0 Å². The molecule has 0 saturated heterocycles.